The molecule has 58 valence electrons. The Kier molecular flexibility index (Phi) is 12.7. The molecular formula is C8H14O2. The molecule has 0 unspecified atom stereocenters. The zero-order valence-corrected chi connectivity index (χ0v) is 6.50. The maximum Gasteiger partial charge on any atom is 0.327 e. The van der Waals surface area contributed by atoms with Gasteiger partial charge in [-0.25, -0.2) is 4.79 Å². The van der Waals surface area contributed by atoms with Crippen molar-refractivity contribution in [2.24, 2.45) is 0 Å². The molecule has 0 saturated heterocycles. The Balaban J connectivity index is 0. The van der Waals surface area contributed by atoms with Crippen LogP contribution in [-0.4, -0.2) is 11.1 Å². The summed E-state index contributed by atoms with van der Waals surface area (Å²) in [7, 11) is 0. The Labute approximate surface area is 61.9 Å². The van der Waals surface area contributed by atoms with E-state index in [0.717, 1.165) is 12.5 Å². The van der Waals surface area contributed by atoms with Crippen molar-refractivity contribution in [3.8, 4) is 0 Å². The molecule has 0 aromatic rings. The van der Waals surface area contributed by atoms with Gasteiger partial charge in [0.15, 0.2) is 0 Å². The van der Waals surface area contributed by atoms with Crippen LogP contribution in [0.1, 0.15) is 20.3 Å². The summed E-state index contributed by atoms with van der Waals surface area (Å²) in [5.41, 5.74) is 0. The zero-order chi connectivity index (χ0) is 8.41. The van der Waals surface area contributed by atoms with Crippen LogP contribution in [0.2, 0.25) is 0 Å². The SMILES string of the molecule is C=CC.CCC=CC(=O)O. The number of rotatable bonds is 2. The number of hydrogen-bond donors (Lipinski definition) is 1. The standard InChI is InChI=1S/C5H8O2.C3H6/c1-2-3-4-5(6)7;1-3-2/h3-4H,2H2,1H3,(H,6,7);3H,1H2,2H3. The first-order chi connectivity index (χ1) is 4.68. The van der Waals surface area contributed by atoms with E-state index in [9.17, 15) is 4.79 Å². The van der Waals surface area contributed by atoms with Gasteiger partial charge in [-0.2, -0.15) is 0 Å². The van der Waals surface area contributed by atoms with Crippen LogP contribution in [0.3, 0.4) is 0 Å². The lowest BCUT2D eigenvalue weighted by molar-refractivity contribution is -0.131. The lowest BCUT2D eigenvalue weighted by Crippen LogP contribution is -1.84. The molecular weight excluding hydrogens is 128 g/mol. The summed E-state index contributed by atoms with van der Waals surface area (Å²) in [5.74, 6) is -0.873. The van der Waals surface area contributed by atoms with E-state index in [1.54, 1.807) is 12.2 Å². The Morgan fingerprint density at radius 3 is 2.20 bits per heavy atom. The average molecular weight is 142 g/mol. The van der Waals surface area contributed by atoms with Gasteiger partial charge in [0.2, 0.25) is 0 Å². The third kappa shape index (κ3) is 28.3. The number of carboxylic acids is 1. The van der Waals surface area contributed by atoms with Crippen LogP contribution in [0.4, 0.5) is 0 Å². The van der Waals surface area contributed by atoms with Gasteiger partial charge in [0.1, 0.15) is 0 Å². The first-order valence-electron chi connectivity index (χ1n) is 3.15. The Bertz CT molecular complexity index is 114. The molecule has 0 aromatic carbocycles. The van der Waals surface area contributed by atoms with Crippen LogP contribution in [0.15, 0.2) is 24.8 Å². The molecule has 0 aliphatic carbocycles. The van der Waals surface area contributed by atoms with Crippen LogP contribution >= 0.6 is 0 Å². The van der Waals surface area contributed by atoms with Crippen LogP contribution < -0.4 is 0 Å². The fraction of sp³-hybridized carbons (Fsp3) is 0.375. The van der Waals surface area contributed by atoms with Crippen molar-refractivity contribution in [1.82, 2.24) is 0 Å². The summed E-state index contributed by atoms with van der Waals surface area (Å²) in [5, 5.41) is 7.96. The topological polar surface area (TPSA) is 37.3 Å². The van der Waals surface area contributed by atoms with Gasteiger partial charge in [0.25, 0.3) is 0 Å². The molecule has 0 aliphatic rings. The van der Waals surface area contributed by atoms with E-state index in [1.807, 2.05) is 13.8 Å². The van der Waals surface area contributed by atoms with E-state index < -0.39 is 5.97 Å². The lowest BCUT2D eigenvalue weighted by Gasteiger charge is -1.73. The molecule has 0 saturated carbocycles. The second kappa shape index (κ2) is 10.8. The fourth-order valence-corrected chi connectivity index (χ4v) is 0.219. The van der Waals surface area contributed by atoms with Gasteiger partial charge in [0, 0.05) is 6.08 Å². The largest absolute Gasteiger partial charge is 0.478 e. The molecule has 0 bridgehead atoms. The van der Waals surface area contributed by atoms with Gasteiger partial charge >= 0.3 is 5.97 Å². The van der Waals surface area contributed by atoms with E-state index in [0.29, 0.717) is 0 Å². The van der Waals surface area contributed by atoms with Gasteiger partial charge in [-0.3, -0.25) is 0 Å². The molecule has 2 heteroatoms. The third-order valence-corrected chi connectivity index (χ3v) is 0.496. The van der Waals surface area contributed by atoms with Gasteiger partial charge < -0.3 is 5.11 Å². The van der Waals surface area contributed by atoms with E-state index in [-0.39, 0.29) is 0 Å². The zero-order valence-electron chi connectivity index (χ0n) is 6.50. The molecule has 0 aromatic heterocycles. The summed E-state index contributed by atoms with van der Waals surface area (Å²) < 4.78 is 0. The summed E-state index contributed by atoms with van der Waals surface area (Å²) >= 11 is 0. The quantitative estimate of drug-likeness (QED) is 0.474. The summed E-state index contributed by atoms with van der Waals surface area (Å²) in [6.45, 7) is 7.14. The van der Waals surface area contributed by atoms with Crippen molar-refractivity contribution in [3.05, 3.63) is 24.8 Å². The van der Waals surface area contributed by atoms with E-state index in [1.165, 1.54) is 0 Å². The highest BCUT2D eigenvalue weighted by atomic mass is 16.4. The number of hydrogen-bond acceptors (Lipinski definition) is 1. The molecule has 0 atom stereocenters. The second-order valence-corrected chi connectivity index (χ2v) is 1.56. The molecule has 0 spiro atoms. The minimum absolute atomic E-state index is 0.784. The average Bonchev–Trinajstić information content (AvgIpc) is 1.85. The van der Waals surface area contributed by atoms with Gasteiger partial charge in [-0.05, 0) is 13.3 Å². The second-order valence-electron chi connectivity index (χ2n) is 1.56. The summed E-state index contributed by atoms with van der Waals surface area (Å²) in [6, 6.07) is 0. The molecule has 0 amide bonds. The first kappa shape index (κ1) is 11.7. The Hall–Kier alpha value is -1.05. The number of allylic oxidation sites excluding steroid dienone is 2. The van der Waals surface area contributed by atoms with E-state index >= 15 is 0 Å². The van der Waals surface area contributed by atoms with E-state index in [4.69, 9.17) is 5.11 Å². The smallest absolute Gasteiger partial charge is 0.327 e. The predicted molar refractivity (Wildman–Crippen MR) is 42.9 cm³/mol. The van der Waals surface area contributed by atoms with Gasteiger partial charge in [0.05, 0.1) is 0 Å². The van der Waals surface area contributed by atoms with Crippen molar-refractivity contribution in [3.63, 3.8) is 0 Å². The van der Waals surface area contributed by atoms with Crippen molar-refractivity contribution >= 4 is 5.97 Å². The molecule has 0 fully saturated rings. The molecule has 0 heterocycles. The summed E-state index contributed by atoms with van der Waals surface area (Å²) in [4.78, 5) is 9.67. The Morgan fingerprint density at radius 2 is 2.10 bits per heavy atom. The van der Waals surface area contributed by atoms with E-state index in [2.05, 4.69) is 6.58 Å². The normalized spacial score (nSPS) is 8.20. The minimum atomic E-state index is -0.873. The highest BCUT2D eigenvalue weighted by molar-refractivity contribution is 5.79. The van der Waals surface area contributed by atoms with Crippen LogP contribution in [0, 0.1) is 0 Å². The van der Waals surface area contributed by atoms with Crippen molar-refractivity contribution in [2.45, 2.75) is 20.3 Å². The predicted octanol–water partition coefficient (Wildman–Crippen LogP) is 2.23. The monoisotopic (exact) mass is 142 g/mol. The number of aliphatic carboxylic acids is 1. The fourth-order valence-electron chi connectivity index (χ4n) is 0.219. The van der Waals surface area contributed by atoms with Crippen molar-refractivity contribution in [1.29, 1.82) is 0 Å². The lowest BCUT2D eigenvalue weighted by atomic mass is 10.4. The van der Waals surface area contributed by atoms with Crippen LogP contribution in [0.5, 0.6) is 0 Å². The molecule has 1 N–H and O–H groups in total. The number of carbonyl (C=O) groups is 1. The van der Waals surface area contributed by atoms with Crippen LogP contribution in [-0.2, 0) is 4.79 Å². The molecule has 0 radical (unpaired) electrons. The maximum atomic E-state index is 9.67. The molecule has 0 aliphatic heterocycles. The molecule has 0 rings (SSSR count). The third-order valence-electron chi connectivity index (χ3n) is 0.496. The molecule has 2 nitrogen and oxygen atoms in total. The van der Waals surface area contributed by atoms with Gasteiger partial charge in [-0.15, -0.1) is 6.58 Å². The van der Waals surface area contributed by atoms with Crippen molar-refractivity contribution < 1.29 is 9.90 Å². The maximum absolute atomic E-state index is 9.67. The minimum Gasteiger partial charge on any atom is -0.478 e. The first-order valence-corrected chi connectivity index (χ1v) is 3.15. The highest BCUT2D eigenvalue weighted by Gasteiger charge is 1.79. The van der Waals surface area contributed by atoms with Gasteiger partial charge in [-0.1, -0.05) is 19.1 Å². The molecule has 10 heavy (non-hydrogen) atoms. The van der Waals surface area contributed by atoms with Crippen molar-refractivity contribution in [2.75, 3.05) is 0 Å². The summed E-state index contributed by atoms with van der Waals surface area (Å²) in [6.07, 6.45) is 5.27. The Morgan fingerprint density at radius 1 is 1.70 bits per heavy atom. The number of carboxylic acid groups (broad SMARTS) is 1. The highest BCUT2D eigenvalue weighted by Crippen LogP contribution is 1.76. The van der Waals surface area contributed by atoms with Crippen LogP contribution in [0.25, 0.3) is 0 Å².